The predicted octanol–water partition coefficient (Wildman–Crippen LogP) is 2.92. The quantitative estimate of drug-likeness (QED) is 0.848. The molecular formula is C13H14F2N4. The Hall–Kier alpha value is -1.98. The molecule has 100 valence electrons. The monoisotopic (exact) mass is 264 g/mol. The first kappa shape index (κ1) is 12.1. The maximum Gasteiger partial charge on any atom is 0.166 e. The highest BCUT2D eigenvalue weighted by Gasteiger charge is 2.22. The summed E-state index contributed by atoms with van der Waals surface area (Å²) in [5.41, 5.74) is 6.33. The van der Waals surface area contributed by atoms with Crippen LogP contribution in [0.4, 0.5) is 14.5 Å². The van der Waals surface area contributed by atoms with E-state index in [-0.39, 0.29) is 5.69 Å². The number of hydrogen-bond acceptors (Lipinski definition) is 3. The minimum atomic E-state index is -0.951. The molecule has 0 aliphatic heterocycles. The van der Waals surface area contributed by atoms with Gasteiger partial charge in [-0.05, 0) is 18.9 Å². The van der Waals surface area contributed by atoms with Gasteiger partial charge in [0.25, 0.3) is 0 Å². The van der Waals surface area contributed by atoms with E-state index < -0.39 is 11.6 Å². The van der Waals surface area contributed by atoms with Crippen molar-refractivity contribution in [1.82, 2.24) is 14.8 Å². The molecule has 0 saturated heterocycles. The molecule has 3 rings (SSSR count). The van der Waals surface area contributed by atoms with Gasteiger partial charge in [-0.15, -0.1) is 10.2 Å². The molecule has 1 aromatic carbocycles. The molecule has 1 aromatic heterocycles. The Morgan fingerprint density at radius 3 is 2.58 bits per heavy atom. The maximum atomic E-state index is 13.4. The van der Waals surface area contributed by atoms with Crippen LogP contribution in [-0.4, -0.2) is 14.8 Å². The molecule has 0 unspecified atom stereocenters. The fourth-order valence-corrected chi connectivity index (χ4v) is 2.64. The SMILES string of the molecule is Nc1cc(F)c(F)cc1-c1nncn1C1CCCC1. The minimum Gasteiger partial charge on any atom is -0.398 e. The summed E-state index contributed by atoms with van der Waals surface area (Å²) in [6, 6.07) is 2.39. The average Bonchev–Trinajstić information content (AvgIpc) is 3.03. The Morgan fingerprint density at radius 1 is 1.16 bits per heavy atom. The fourth-order valence-electron chi connectivity index (χ4n) is 2.64. The van der Waals surface area contributed by atoms with Crippen LogP contribution < -0.4 is 5.73 Å². The Morgan fingerprint density at radius 2 is 1.84 bits per heavy atom. The number of halogens is 2. The van der Waals surface area contributed by atoms with Gasteiger partial charge in [0.2, 0.25) is 0 Å². The van der Waals surface area contributed by atoms with Crippen molar-refractivity contribution in [2.45, 2.75) is 31.7 Å². The van der Waals surface area contributed by atoms with E-state index in [1.165, 1.54) is 0 Å². The van der Waals surface area contributed by atoms with Gasteiger partial charge in [-0.25, -0.2) is 8.78 Å². The van der Waals surface area contributed by atoms with Crippen molar-refractivity contribution in [1.29, 1.82) is 0 Å². The largest absolute Gasteiger partial charge is 0.398 e. The molecule has 2 aromatic rings. The molecule has 2 N–H and O–H groups in total. The fraction of sp³-hybridized carbons (Fsp3) is 0.385. The number of nitrogens with zero attached hydrogens (tertiary/aromatic N) is 3. The van der Waals surface area contributed by atoms with Crippen LogP contribution in [0.1, 0.15) is 31.7 Å². The topological polar surface area (TPSA) is 56.7 Å². The van der Waals surface area contributed by atoms with Gasteiger partial charge in [0.15, 0.2) is 17.5 Å². The second-order valence-electron chi connectivity index (χ2n) is 4.85. The summed E-state index contributed by atoms with van der Waals surface area (Å²) in [6.07, 6.45) is 6.06. The van der Waals surface area contributed by atoms with E-state index in [0.717, 1.165) is 37.8 Å². The number of benzene rings is 1. The number of aromatic nitrogens is 3. The number of hydrogen-bond donors (Lipinski definition) is 1. The normalized spacial score (nSPS) is 16.1. The van der Waals surface area contributed by atoms with Crippen LogP contribution in [0.15, 0.2) is 18.5 Å². The van der Waals surface area contributed by atoms with Crippen molar-refractivity contribution in [2.75, 3.05) is 5.73 Å². The molecule has 0 atom stereocenters. The molecule has 19 heavy (non-hydrogen) atoms. The Labute approximate surface area is 109 Å². The number of nitrogens with two attached hydrogens (primary N) is 1. The van der Waals surface area contributed by atoms with Crippen molar-refractivity contribution in [2.24, 2.45) is 0 Å². The smallest absolute Gasteiger partial charge is 0.166 e. The minimum absolute atomic E-state index is 0.172. The highest BCUT2D eigenvalue weighted by atomic mass is 19.2. The summed E-state index contributed by atoms with van der Waals surface area (Å²) in [5, 5.41) is 7.88. The summed E-state index contributed by atoms with van der Waals surface area (Å²) < 4.78 is 28.4. The molecule has 0 spiro atoms. The van der Waals surface area contributed by atoms with Gasteiger partial charge in [0.1, 0.15) is 6.33 Å². The zero-order valence-electron chi connectivity index (χ0n) is 10.3. The molecule has 0 radical (unpaired) electrons. The van der Waals surface area contributed by atoms with E-state index >= 15 is 0 Å². The van der Waals surface area contributed by atoms with Gasteiger partial charge in [-0.2, -0.15) is 0 Å². The van der Waals surface area contributed by atoms with Gasteiger partial charge in [-0.3, -0.25) is 0 Å². The van der Waals surface area contributed by atoms with E-state index in [1.54, 1.807) is 6.33 Å². The summed E-state index contributed by atoms with van der Waals surface area (Å²) in [6.45, 7) is 0. The third-order valence-corrected chi connectivity index (χ3v) is 3.62. The van der Waals surface area contributed by atoms with Crippen molar-refractivity contribution in [3.63, 3.8) is 0 Å². The second kappa shape index (κ2) is 4.60. The molecule has 0 bridgehead atoms. The van der Waals surface area contributed by atoms with Crippen molar-refractivity contribution >= 4 is 5.69 Å². The van der Waals surface area contributed by atoms with E-state index in [4.69, 9.17) is 5.73 Å². The Bertz CT molecular complexity index is 603. The lowest BCUT2D eigenvalue weighted by atomic mass is 10.1. The second-order valence-corrected chi connectivity index (χ2v) is 4.85. The van der Waals surface area contributed by atoms with Gasteiger partial charge in [0.05, 0.1) is 0 Å². The van der Waals surface area contributed by atoms with Crippen LogP contribution in [0.25, 0.3) is 11.4 Å². The van der Waals surface area contributed by atoms with Crippen molar-refractivity contribution in [3.05, 3.63) is 30.1 Å². The van der Waals surface area contributed by atoms with Gasteiger partial charge >= 0.3 is 0 Å². The first-order valence-electron chi connectivity index (χ1n) is 6.31. The highest BCUT2D eigenvalue weighted by Crippen LogP contribution is 2.34. The number of nitrogen functional groups attached to an aromatic ring is 1. The van der Waals surface area contributed by atoms with Crippen LogP contribution >= 0.6 is 0 Å². The van der Waals surface area contributed by atoms with E-state index in [0.29, 0.717) is 17.4 Å². The standard InChI is InChI=1S/C13H14F2N4/c14-10-5-9(12(16)6-11(10)15)13-18-17-7-19(13)8-3-1-2-4-8/h5-8H,1-4,16H2. The lowest BCUT2D eigenvalue weighted by Gasteiger charge is -2.14. The van der Waals surface area contributed by atoms with Crippen LogP contribution in [0.2, 0.25) is 0 Å². The van der Waals surface area contributed by atoms with Crippen LogP contribution in [0.3, 0.4) is 0 Å². The summed E-state index contributed by atoms with van der Waals surface area (Å²) in [4.78, 5) is 0. The molecule has 1 aliphatic rings. The lowest BCUT2D eigenvalue weighted by Crippen LogP contribution is -2.07. The maximum absolute atomic E-state index is 13.4. The summed E-state index contributed by atoms with van der Waals surface area (Å²) in [5.74, 6) is -1.37. The first-order valence-corrected chi connectivity index (χ1v) is 6.31. The number of rotatable bonds is 2. The third-order valence-electron chi connectivity index (χ3n) is 3.62. The summed E-state index contributed by atoms with van der Waals surface area (Å²) in [7, 11) is 0. The van der Waals surface area contributed by atoms with Crippen LogP contribution in [0.5, 0.6) is 0 Å². The van der Waals surface area contributed by atoms with Crippen molar-refractivity contribution in [3.8, 4) is 11.4 Å². The van der Waals surface area contributed by atoms with E-state index in [1.807, 2.05) is 4.57 Å². The van der Waals surface area contributed by atoms with Gasteiger partial charge in [-0.1, -0.05) is 12.8 Å². The average molecular weight is 264 g/mol. The molecule has 1 saturated carbocycles. The molecule has 1 aliphatic carbocycles. The molecule has 1 heterocycles. The number of anilines is 1. The highest BCUT2D eigenvalue weighted by molar-refractivity contribution is 5.71. The van der Waals surface area contributed by atoms with Crippen molar-refractivity contribution < 1.29 is 8.78 Å². The Balaban J connectivity index is 2.07. The van der Waals surface area contributed by atoms with Gasteiger partial charge in [0, 0.05) is 23.4 Å². The lowest BCUT2D eigenvalue weighted by molar-refractivity contribution is 0.507. The molecule has 4 nitrogen and oxygen atoms in total. The van der Waals surface area contributed by atoms with Crippen LogP contribution in [-0.2, 0) is 0 Å². The predicted molar refractivity (Wildman–Crippen MR) is 67.3 cm³/mol. The van der Waals surface area contributed by atoms with Gasteiger partial charge < -0.3 is 10.3 Å². The first-order chi connectivity index (χ1) is 9.16. The molecular weight excluding hydrogens is 250 g/mol. The summed E-state index contributed by atoms with van der Waals surface area (Å²) >= 11 is 0. The molecule has 0 amide bonds. The molecule has 6 heteroatoms. The van der Waals surface area contributed by atoms with E-state index in [2.05, 4.69) is 10.2 Å². The third kappa shape index (κ3) is 2.07. The van der Waals surface area contributed by atoms with Crippen LogP contribution in [0, 0.1) is 11.6 Å². The van der Waals surface area contributed by atoms with E-state index in [9.17, 15) is 8.78 Å². The Kier molecular flexibility index (Phi) is 2.93. The zero-order valence-corrected chi connectivity index (χ0v) is 10.3. The molecule has 1 fully saturated rings. The zero-order chi connectivity index (χ0) is 13.4.